The van der Waals surface area contributed by atoms with E-state index in [0.29, 0.717) is 34.5 Å². The van der Waals surface area contributed by atoms with Gasteiger partial charge in [-0.2, -0.15) is 0 Å². The van der Waals surface area contributed by atoms with Crippen LogP contribution >= 0.6 is 0 Å². The van der Waals surface area contributed by atoms with E-state index in [2.05, 4.69) is 15.6 Å². The number of nitrogens with one attached hydrogen (secondary N) is 3. The molecule has 0 bridgehead atoms. The highest BCUT2D eigenvalue weighted by atomic mass is 16.5. The van der Waals surface area contributed by atoms with Crippen molar-refractivity contribution in [3.05, 3.63) is 81.7 Å². The van der Waals surface area contributed by atoms with Crippen LogP contribution < -0.4 is 15.4 Å². The fraction of sp³-hybridized carbons (Fsp3) is 0.300. The number of rotatable bonds is 6. The molecule has 0 aliphatic carbocycles. The molecule has 2 aliphatic rings. The van der Waals surface area contributed by atoms with E-state index in [4.69, 9.17) is 4.74 Å². The topological polar surface area (TPSA) is 104 Å². The van der Waals surface area contributed by atoms with E-state index >= 15 is 0 Å². The summed E-state index contributed by atoms with van der Waals surface area (Å²) >= 11 is 0. The number of aryl methyl sites for hydroxylation is 1. The summed E-state index contributed by atoms with van der Waals surface area (Å²) in [5.74, 6) is 0.313. The van der Waals surface area contributed by atoms with E-state index in [-0.39, 0.29) is 17.7 Å². The van der Waals surface area contributed by atoms with Gasteiger partial charge in [0.05, 0.1) is 18.2 Å². The van der Waals surface area contributed by atoms with Crippen molar-refractivity contribution < 1.29 is 19.1 Å². The number of methoxy groups -OCH3 is 1. The maximum absolute atomic E-state index is 13.2. The third kappa shape index (κ3) is 4.94. The first kappa shape index (κ1) is 25.3. The van der Waals surface area contributed by atoms with Crippen LogP contribution in [0.15, 0.2) is 42.5 Å². The highest BCUT2D eigenvalue weighted by molar-refractivity contribution is 6.35. The lowest BCUT2D eigenvalue weighted by molar-refractivity contribution is -0.110. The van der Waals surface area contributed by atoms with E-state index in [0.717, 1.165) is 60.6 Å². The normalized spacial score (nSPS) is 15.8. The number of H-pyrrole nitrogens is 1. The summed E-state index contributed by atoms with van der Waals surface area (Å²) in [6.07, 6.45) is 4.98. The molecule has 0 unspecified atom stereocenters. The molecule has 0 radical (unpaired) electrons. The second-order valence-corrected chi connectivity index (χ2v) is 9.82. The average molecular weight is 513 g/mol. The standard InChI is InChI=1S/C30H32N4O4/c1-18-26(32-19(2)27(18)30(37)34-13-5-4-6-14-34)16-24-23-15-21(9-12-25(23)33-29(24)36)28(35)31-17-20-7-10-22(38-3)11-8-20/h7-12,15-16,32H,4-6,13-14,17H2,1-3H3,(H,31,35)(H,33,36)/b24-16-. The van der Waals surface area contributed by atoms with Gasteiger partial charge in [0.1, 0.15) is 5.75 Å². The number of nitrogens with zero attached hydrogens (tertiary/aromatic N) is 1. The number of aromatic nitrogens is 1. The van der Waals surface area contributed by atoms with E-state index in [9.17, 15) is 14.4 Å². The Bertz CT molecular complexity index is 1430. The van der Waals surface area contributed by atoms with E-state index in [1.54, 1.807) is 31.4 Å². The molecule has 8 nitrogen and oxygen atoms in total. The second kappa shape index (κ2) is 10.6. The van der Waals surface area contributed by atoms with Crippen LogP contribution in [-0.2, 0) is 11.3 Å². The van der Waals surface area contributed by atoms with Crippen molar-refractivity contribution in [3.8, 4) is 5.75 Å². The van der Waals surface area contributed by atoms with Crippen LogP contribution in [0.5, 0.6) is 5.75 Å². The maximum atomic E-state index is 13.2. The number of hydrogen-bond donors (Lipinski definition) is 3. The first-order valence-electron chi connectivity index (χ1n) is 12.9. The first-order chi connectivity index (χ1) is 18.4. The van der Waals surface area contributed by atoms with Crippen molar-refractivity contribution in [2.24, 2.45) is 0 Å². The molecule has 0 atom stereocenters. The van der Waals surface area contributed by atoms with Gasteiger partial charge in [0.2, 0.25) is 0 Å². The monoisotopic (exact) mass is 512 g/mol. The van der Waals surface area contributed by atoms with Crippen LogP contribution in [0.1, 0.15) is 68.1 Å². The minimum atomic E-state index is -0.244. The zero-order valence-corrected chi connectivity index (χ0v) is 21.9. The number of likely N-dealkylation sites (tertiary alicyclic amines) is 1. The van der Waals surface area contributed by atoms with Gasteiger partial charge in [-0.3, -0.25) is 14.4 Å². The molecule has 1 fully saturated rings. The molecule has 3 heterocycles. The lowest BCUT2D eigenvalue weighted by atomic mass is 10.0. The number of fused-ring (bicyclic) bond motifs is 1. The Hall–Kier alpha value is -4.33. The zero-order chi connectivity index (χ0) is 26.8. The van der Waals surface area contributed by atoms with Crippen LogP contribution in [-0.4, -0.2) is 47.8 Å². The summed E-state index contributed by atoms with van der Waals surface area (Å²) in [6.45, 7) is 5.72. The van der Waals surface area contributed by atoms with Crippen LogP contribution in [0.3, 0.4) is 0 Å². The van der Waals surface area contributed by atoms with Crippen molar-refractivity contribution in [1.82, 2.24) is 15.2 Å². The Labute approximate surface area is 222 Å². The quantitative estimate of drug-likeness (QED) is 0.417. The smallest absolute Gasteiger partial charge is 0.256 e. The molecule has 0 spiro atoms. The van der Waals surface area contributed by atoms with Crippen molar-refractivity contribution >= 4 is 35.1 Å². The molecule has 1 saturated heterocycles. The number of aromatic amines is 1. The Morgan fingerprint density at radius 2 is 1.79 bits per heavy atom. The molecule has 38 heavy (non-hydrogen) atoms. The summed E-state index contributed by atoms with van der Waals surface area (Å²) in [5, 5.41) is 5.81. The van der Waals surface area contributed by atoms with Crippen LogP contribution in [0.2, 0.25) is 0 Å². The first-order valence-corrected chi connectivity index (χ1v) is 12.9. The number of carbonyl (C=O) groups excluding carboxylic acids is 3. The van der Waals surface area contributed by atoms with E-state index in [1.807, 2.05) is 43.0 Å². The largest absolute Gasteiger partial charge is 0.497 e. The molecule has 5 rings (SSSR count). The minimum absolute atomic E-state index is 0.0349. The van der Waals surface area contributed by atoms with Gasteiger partial charge in [-0.05, 0) is 80.6 Å². The number of carbonyl (C=O) groups is 3. The van der Waals surface area contributed by atoms with Crippen LogP contribution in [0.4, 0.5) is 5.69 Å². The van der Waals surface area contributed by atoms with E-state index in [1.165, 1.54) is 0 Å². The number of ether oxygens (including phenoxy) is 1. The van der Waals surface area contributed by atoms with Crippen molar-refractivity contribution in [1.29, 1.82) is 0 Å². The van der Waals surface area contributed by atoms with Crippen molar-refractivity contribution in [2.75, 3.05) is 25.5 Å². The van der Waals surface area contributed by atoms with Gasteiger partial charge < -0.3 is 25.3 Å². The van der Waals surface area contributed by atoms with Gasteiger partial charge in [0.15, 0.2) is 0 Å². The number of hydrogen-bond acceptors (Lipinski definition) is 4. The predicted molar refractivity (Wildman–Crippen MR) is 147 cm³/mol. The zero-order valence-electron chi connectivity index (χ0n) is 21.9. The Morgan fingerprint density at radius 3 is 2.50 bits per heavy atom. The van der Waals surface area contributed by atoms with Crippen LogP contribution in [0.25, 0.3) is 11.6 Å². The lowest BCUT2D eigenvalue weighted by Gasteiger charge is -2.27. The molecule has 3 aromatic rings. The van der Waals surface area contributed by atoms with Gasteiger partial charge in [-0.15, -0.1) is 0 Å². The maximum Gasteiger partial charge on any atom is 0.256 e. The molecule has 0 saturated carbocycles. The summed E-state index contributed by atoms with van der Waals surface area (Å²) < 4.78 is 5.18. The average Bonchev–Trinajstić information content (AvgIpc) is 3.41. The number of amides is 3. The van der Waals surface area contributed by atoms with Gasteiger partial charge >= 0.3 is 0 Å². The molecule has 3 N–H and O–H groups in total. The summed E-state index contributed by atoms with van der Waals surface area (Å²) in [6, 6.07) is 12.7. The molecule has 1 aromatic heterocycles. The third-order valence-electron chi connectivity index (χ3n) is 7.30. The lowest BCUT2D eigenvalue weighted by Crippen LogP contribution is -2.36. The van der Waals surface area contributed by atoms with Gasteiger partial charge in [0.25, 0.3) is 17.7 Å². The molecule has 2 aromatic carbocycles. The number of benzene rings is 2. The molecule has 2 aliphatic heterocycles. The highest BCUT2D eigenvalue weighted by Gasteiger charge is 2.28. The minimum Gasteiger partial charge on any atom is -0.497 e. The molecule has 3 amide bonds. The third-order valence-corrected chi connectivity index (χ3v) is 7.30. The summed E-state index contributed by atoms with van der Waals surface area (Å²) in [7, 11) is 1.61. The molecular formula is C30H32N4O4. The Balaban J connectivity index is 1.38. The Morgan fingerprint density at radius 1 is 1.05 bits per heavy atom. The summed E-state index contributed by atoms with van der Waals surface area (Å²) in [4.78, 5) is 44.2. The highest BCUT2D eigenvalue weighted by Crippen LogP contribution is 2.35. The number of anilines is 1. The number of piperidine rings is 1. The molecule has 196 valence electrons. The SMILES string of the molecule is COc1ccc(CNC(=O)c2ccc3c(c2)/C(=C/c2[nH]c(C)c(C(=O)N4CCCCC4)c2C)C(=O)N3)cc1. The second-order valence-electron chi connectivity index (χ2n) is 9.82. The molecule has 8 heteroatoms. The van der Waals surface area contributed by atoms with Gasteiger partial charge in [-0.25, -0.2) is 0 Å². The fourth-order valence-electron chi connectivity index (χ4n) is 5.14. The van der Waals surface area contributed by atoms with Gasteiger partial charge in [0, 0.05) is 47.8 Å². The fourth-order valence-corrected chi connectivity index (χ4v) is 5.14. The Kier molecular flexibility index (Phi) is 7.05. The van der Waals surface area contributed by atoms with Gasteiger partial charge in [-0.1, -0.05) is 12.1 Å². The predicted octanol–water partition coefficient (Wildman–Crippen LogP) is 4.69. The van der Waals surface area contributed by atoms with Crippen molar-refractivity contribution in [3.63, 3.8) is 0 Å². The molecular weight excluding hydrogens is 480 g/mol. The van der Waals surface area contributed by atoms with E-state index < -0.39 is 0 Å². The summed E-state index contributed by atoms with van der Waals surface area (Å²) in [5.41, 5.74) is 6.16. The van der Waals surface area contributed by atoms with Crippen LogP contribution in [0, 0.1) is 13.8 Å². The van der Waals surface area contributed by atoms with Crippen molar-refractivity contribution in [2.45, 2.75) is 39.7 Å².